The molecule has 0 N–H and O–H groups in total. The molecule has 19 heavy (non-hydrogen) atoms. The smallest absolute Gasteiger partial charge is 0.251 e. The third kappa shape index (κ3) is 15.1. The van der Waals surface area contributed by atoms with Crippen molar-refractivity contribution in [2.45, 2.75) is 40.0 Å². The molecule has 0 saturated carbocycles. The van der Waals surface area contributed by atoms with Crippen molar-refractivity contribution in [3.8, 4) is 0 Å². The van der Waals surface area contributed by atoms with Crippen LogP contribution >= 0.6 is 0 Å². The van der Waals surface area contributed by atoms with E-state index in [0.29, 0.717) is 0 Å². The molecule has 5 heteroatoms. The van der Waals surface area contributed by atoms with E-state index in [2.05, 4.69) is 32.6 Å². The van der Waals surface area contributed by atoms with Crippen LogP contribution in [-0.2, 0) is 9.47 Å². The van der Waals surface area contributed by atoms with E-state index in [1.807, 2.05) is 0 Å². The number of unbranched alkanes of at least 4 members (excludes halogenated alkanes) is 1. The average Bonchev–Trinajstić information content (AvgIpc) is 2.38. The molecule has 116 valence electrons. The average molecular weight is 277 g/mol. The van der Waals surface area contributed by atoms with Crippen LogP contribution < -0.4 is 5.11 Å². The van der Waals surface area contributed by atoms with Gasteiger partial charge >= 0.3 is 0 Å². The Bertz CT molecular complexity index is 212. The zero-order valence-electron chi connectivity index (χ0n) is 13.2. The van der Waals surface area contributed by atoms with Crippen molar-refractivity contribution in [2.24, 2.45) is 0 Å². The molecule has 0 aliphatic carbocycles. The minimum absolute atomic E-state index is 0.847. The first-order valence-electron chi connectivity index (χ1n) is 7.12. The lowest BCUT2D eigenvalue weighted by Gasteiger charge is -2.34. The van der Waals surface area contributed by atoms with Gasteiger partial charge in [-0.3, -0.25) is 0 Å². The van der Waals surface area contributed by atoms with Crippen LogP contribution in [-0.4, -0.2) is 57.6 Å². The van der Waals surface area contributed by atoms with Crippen LogP contribution in [0.3, 0.4) is 0 Å². The van der Waals surface area contributed by atoms with Gasteiger partial charge in [-0.2, -0.15) is 0 Å². The van der Waals surface area contributed by atoms with Crippen LogP contribution in [0.5, 0.6) is 0 Å². The number of carbonyl (C=O) groups is 1. The van der Waals surface area contributed by atoms with Gasteiger partial charge < -0.3 is 23.9 Å². The van der Waals surface area contributed by atoms with Gasteiger partial charge in [0.1, 0.15) is 6.54 Å². The van der Waals surface area contributed by atoms with Gasteiger partial charge in [-0.15, -0.1) is 0 Å². The molecule has 0 spiro atoms. The Kier molecular flexibility index (Phi) is 14.7. The number of carboxylic acid groups (broad SMARTS) is 1. The first-order valence-corrected chi connectivity index (χ1v) is 7.12. The fourth-order valence-electron chi connectivity index (χ4n) is 1.84. The van der Waals surface area contributed by atoms with E-state index < -0.39 is 6.16 Å². The Morgan fingerprint density at radius 2 is 1.68 bits per heavy atom. The molecule has 0 aromatic carbocycles. The lowest BCUT2D eigenvalue weighted by Crippen LogP contribution is -2.47. The van der Waals surface area contributed by atoms with Crippen molar-refractivity contribution >= 4 is 6.16 Å². The van der Waals surface area contributed by atoms with Crippen molar-refractivity contribution in [3.63, 3.8) is 0 Å². The molecule has 0 radical (unpaired) electrons. The molecule has 0 aromatic heterocycles. The Labute approximate surface area is 118 Å². The summed E-state index contributed by atoms with van der Waals surface area (Å²) in [6.45, 7) is 12.1. The Hall–Kier alpha value is -0.810. The van der Waals surface area contributed by atoms with E-state index in [0.717, 1.165) is 20.3 Å². The maximum atomic E-state index is 9.03. The van der Waals surface area contributed by atoms with Crippen LogP contribution in [0.15, 0.2) is 0 Å². The van der Waals surface area contributed by atoms with Gasteiger partial charge in [-0.05, 0) is 19.8 Å². The third-order valence-electron chi connectivity index (χ3n) is 2.96. The minimum atomic E-state index is -1.50. The molecule has 0 fully saturated rings. The summed E-state index contributed by atoms with van der Waals surface area (Å²) in [5.74, 6) is 0. The number of nitrogens with zero attached hydrogens (tertiary/aromatic N) is 1. The SMILES string of the molecule is CCCC[N+](C)(CCC)CCOCC.COC(=O)[O-]. The minimum Gasteiger partial charge on any atom is -0.553 e. The van der Waals surface area contributed by atoms with Gasteiger partial charge in [0, 0.05) is 13.7 Å². The highest BCUT2D eigenvalue weighted by molar-refractivity contribution is 5.53. The van der Waals surface area contributed by atoms with Gasteiger partial charge in [0.2, 0.25) is 0 Å². The van der Waals surface area contributed by atoms with E-state index >= 15 is 0 Å². The first kappa shape index (κ1) is 20.5. The molecule has 0 saturated heterocycles. The van der Waals surface area contributed by atoms with E-state index in [9.17, 15) is 0 Å². The number of ether oxygens (including phenoxy) is 2. The van der Waals surface area contributed by atoms with E-state index in [4.69, 9.17) is 14.6 Å². The van der Waals surface area contributed by atoms with Crippen LogP contribution in [0, 0.1) is 0 Å². The summed E-state index contributed by atoms with van der Waals surface area (Å²) in [5.41, 5.74) is 0. The molecule has 0 bridgehead atoms. The molecular formula is C14H31NO4. The molecule has 1 unspecified atom stereocenters. The highest BCUT2D eigenvalue weighted by atomic mass is 16.6. The lowest BCUT2D eigenvalue weighted by molar-refractivity contribution is -0.910. The zero-order valence-corrected chi connectivity index (χ0v) is 13.2. The van der Waals surface area contributed by atoms with E-state index in [-0.39, 0.29) is 0 Å². The lowest BCUT2D eigenvalue weighted by atomic mass is 10.2. The van der Waals surface area contributed by atoms with Crippen LogP contribution in [0.4, 0.5) is 4.79 Å². The monoisotopic (exact) mass is 277 g/mol. The summed E-state index contributed by atoms with van der Waals surface area (Å²) >= 11 is 0. The summed E-state index contributed by atoms with van der Waals surface area (Å²) in [4.78, 5) is 9.03. The van der Waals surface area contributed by atoms with Gasteiger partial charge in [-0.1, -0.05) is 20.3 Å². The van der Waals surface area contributed by atoms with Crippen molar-refractivity contribution in [1.82, 2.24) is 0 Å². The molecule has 1 atom stereocenters. The molecule has 0 aliphatic heterocycles. The fourth-order valence-corrected chi connectivity index (χ4v) is 1.84. The Morgan fingerprint density at radius 3 is 2.05 bits per heavy atom. The predicted octanol–water partition coefficient (Wildman–Crippen LogP) is 1.66. The van der Waals surface area contributed by atoms with Gasteiger partial charge in [0.25, 0.3) is 6.16 Å². The maximum absolute atomic E-state index is 9.03. The number of methoxy groups -OCH3 is 1. The Morgan fingerprint density at radius 1 is 1.11 bits per heavy atom. The van der Waals surface area contributed by atoms with Crippen molar-refractivity contribution < 1.29 is 23.9 Å². The summed E-state index contributed by atoms with van der Waals surface area (Å²) in [7, 11) is 3.40. The van der Waals surface area contributed by atoms with E-state index in [1.54, 1.807) is 0 Å². The highest BCUT2D eigenvalue weighted by Crippen LogP contribution is 2.07. The van der Waals surface area contributed by atoms with Crippen molar-refractivity contribution in [3.05, 3.63) is 0 Å². The largest absolute Gasteiger partial charge is 0.553 e. The molecule has 0 amide bonds. The number of hydrogen-bond donors (Lipinski definition) is 0. The maximum Gasteiger partial charge on any atom is 0.251 e. The number of carbonyl (C=O) groups excluding carboxylic acids is 1. The summed E-state index contributed by atoms with van der Waals surface area (Å²) in [6, 6.07) is 0. The second-order valence-electron chi connectivity index (χ2n) is 4.79. The standard InChI is InChI=1S/C12H28NO.C2H4O3/c1-5-8-10-13(4,9-6-2)11-12-14-7-3;1-5-2(3)4/h5-12H2,1-4H3;1H3,(H,3,4)/q+1;/p-1. The topological polar surface area (TPSA) is 58.6 Å². The zero-order chi connectivity index (χ0) is 15.1. The molecule has 0 aliphatic rings. The first-order chi connectivity index (χ1) is 8.95. The number of hydrogen-bond acceptors (Lipinski definition) is 4. The van der Waals surface area contributed by atoms with Crippen molar-refractivity contribution in [1.29, 1.82) is 0 Å². The number of quaternary nitrogens is 1. The summed E-state index contributed by atoms with van der Waals surface area (Å²) < 4.78 is 10.2. The van der Waals surface area contributed by atoms with Gasteiger partial charge in [0.15, 0.2) is 0 Å². The highest BCUT2D eigenvalue weighted by Gasteiger charge is 2.18. The van der Waals surface area contributed by atoms with Crippen LogP contribution in [0.1, 0.15) is 40.0 Å². The molecule has 0 aromatic rings. The van der Waals surface area contributed by atoms with Gasteiger partial charge in [-0.25, -0.2) is 0 Å². The van der Waals surface area contributed by atoms with Gasteiger partial charge in [0.05, 0.1) is 26.7 Å². The fraction of sp³-hybridized carbons (Fsp3) is 0.929. The molecule has 0 heterocycles. The second kappa shape index (κ2) is 13.6. The summed E-state index contributed by atoms with van der Waals surface area (Å²) in [6.07, 6.45) is 2.41. The second-order valence-corrected chi connectivity index (χ2v) is 4.79. The molecule has 0 rings (SSSR count). The summed E-state index contributed by atoms with van der Waals surface area (Å²) in [5, 5.41) is 9.03. The van der Waals surface area contributed by atoms with Crippen LogP contribution in [0.2, 0.25) is 0 Å². The number of rotatable bonds is 9. The van der Waals surface area contributed by atoms with E-state index in [1.165, 1.54) is 43.4 Å². The molecule has 5 nitrogen and oxygen atoms in total. The third-order valence-corrected chi connectivity index (χ3v) is 2.96. The Balaban J connectivity index is 0. The normalized spacial score (nSPS) is 13.1. The van der Waals surface area contributed by atoms with Crippen molar-refractivity contribution in [2.75, 3.05) is 47.0 Å². The quantitative estimate of drug-likeness (QED) is 0.365. The predicted molar refractivity (Wildman–Crippen MR) is 74.9 cm³/mol. The number of likely N-dealkylation sites (N-methyl/N-ethyl adjacent to an activating group) is 1. The van der Waals surface area contributed by atoms with Crippen LogP contribution in [0.25, 0.3) is 0 Å². The molecular weight excluding hydrogens is 246 g/mol.